The molecule has 3 N–H and O–H groups in total. The van der Waals surface area contributed by atoms with E-state index in [1.54, 1.807) is 13.8 Å². The molecule has 0 aliphatic carbocycles. The van der Waals surface area contributed by atoms with Gasteiger partial charge >= 0.3 is 0 Å². The van der Waals surface area contributed by atoms with E-state index < -0.39 is 43.0 Å². The first-order valence-corrected chi connectivity index (χ1v) is 7.62. The first kappa shape index (κ1) is 17.6. The molecule has 5 atom stereocenters. The number of fused-ring (bicyclic) bond motifs is 1. The van der Waals surface area contributed by atoms with Gasteiger partial charge in [-0.05, 0) is 19.3 Å². The fourth-order valence-corrected chi connectivity index (χ4v) is 2.85. The van der Waals surface area contributed by atoms with E-state index >= 15 is 0 Å². The highest BCUT2D eigenvalue weighted by Crippen LogP contribution is 2.38. The molecule has 0 aromatic carbocycles. The van der Waals surface area contributed by atoms with E-state index in [2.05, 4.69) is 5.32 Å². The zero-order valence-corrected chi connectivity index (χ0v) is 13.8. The van der Waals surface area contributed by atoms with E-state index in [-0.39, 0.29) is 11.3 Å². The van der Waals surface area contributed by atoms with Crippen LogP contribution in [0, 0.1) is 5.41 Å². The summed E-state index contributed by atoms with van der Waals surface area (Å²) in [6, 6.07) is -0.566. The van der Waals surface area contributed by atoms with Gasteiger partial charge in [-0.3, -0.25) is 4.79 Å². The van der Waals surface area contributed by atoms with Crippen LogP contribution < -0.4 is 5.32 Å². The molecule has 0 radical (unpaired) electrons. The van der Waals surface area contributed by atoms with Crippen molar-refractivity contribution in [1.29, 1.82) is 0 Å². The number of aliphatic hydroxyl groups is 2. The maximum atomic E-state index is 12.2. The van der Waals surface area contributed by atoms with Crippen molar-refractivity contribution in [2.75, 3.05) is 6.61 Å². The van der Waals surface area contributed by atoms with Crippen LogP contribution in [0.25, 0.3) is 0 Å². The predicted molar refractivity (Wildman–Crippen MR) is 77.8 cm³/mol. The van der Waals surface area contributed by atoms with E-state index in [1.165, 1.54) is 0 Å². The van der Waals surface area contributed by atoms with Crippen LogP contribution in [-0.4, -0.2) is 59.2 Å². The maximum Gasteiger partial charge on any atom is 0.220 e. The van der Waals surface area contributed by atoms with E-state index in [0.29, 0.717) is 6.42 Å². The molecule has 0 unspecified atom stereocenters. The van der Waals surface area contributed by atoms with Gasteiger partial charge in [0.25, 0.3) is 0 Å². The Morgan fingerprint density at radius 3 is 2.50 bits per heavy atom. The number of carbonyl (C=O) groups excluding carboxylic acids is 1. The first-order valence-electron chi connectivity index (χ1n) is 7.62. The van der Waals surface area contributed by atoms with E-state index in [1.807, 2.05) is 20.8 Å². The van der Waals surface area contributed by atoms with E-state index in [0.717, 1.165) is 0 Å². The smallest absolute Gasteiger partial charge is 0.220 e. The number of carbonyl (C=O) groups is 1. The average molecular weight is 317 g/mol. The Balaban J connectivity index is 2.10. The van der Waals surface area contributed by atoms with E-state index in [9.17, 15) is 15.0 Å². The predicted octanol–water partition coefficient (Wildman–Crippen LogP) is 0.137. The van der Waals surface area contributed by atoms with Gasteiger partial charge in [-0.2, -0.15) is 0 Å². The van der Waals surface area contributed by atoms with Crippen LogP contribution in [0.4, 0.5) is 0 Å². The van der Waals surface area contributed by atoms with Crippen molar-refractivity contribution in [2.24, 2.45) is 5.41 Å². The second-order valence-corrected chi connectivity index (χ2v) is 7.65. The van der Waals surface area contributed by atoms with Crippen LogP contribution in [0.1, 0.15) is 41.0 Å². The summed E-state index contributed by atoms with van der Waals surface area (Å²) in [5, 5.41) is 22.0. The molecule has 7 nitrogen and oxygen atoms in total. The molecule has 0 aromatic heterocycles. The molecule has 2 aliphatic heterocycles. The van der Waals surface area contributed by atoms with Crippen LogP contribution in [0.3, 0.4) is 0 Å². The van der Waals surface area contributed by atoms with Crippen LogP contribution >= 0.6 is 0 Å². The fourth-order valence-electron chi connectivity index (χ4n) is 2.85. The summed E-state index contributed by atoms with van der Waals surface area (Å²) < 4.78 is 17.1. The standard InChI is InChI=1S/C15H27NO6/c1-14(2,3)6-9(19)16-10-11(8(18)7-17)20-13-12(10)21-15(4,5)22-13/h8,10-13,17-18H,6-7H2,1-5H3,(H,16,19)/t8-,10+,11-,12-,13-/m1/s1. The molecule has 7 heteroatoms. The van der Waals surface area contributed by atoms with Crippen molar-refractivity contribution in [2.45, 2.75) is 77.5 Å². The van der Waals surface area contributed by atoms with Gasteiger partial charge in [0.1, 0.15) is 18.3 Å². The Morgan fingerprint density at radius 2 is 1.95 bits per heavy atom. The number of aliphatic hydroxyl groups excluding tert-OH is 2. The highest BCUT2D eigenvalue weighted by atomic mass is 16.8. The summed E-state index contributed by atoms with van der Waals surface area (Å²) in [7, 11) is 0. The molecule has 1 amide bonds. The zero-order chi connectivity index (χ0) is 16.7. The minimum Gasteiger partial charge on any atom is -0.394 e. The van der Waals surface area contributed by atoms with Gasteiger partial charge in [-0.1, -0.05) is 20.8 Å². The first-order chi connectivity index (χ1) is 10.0. The summed E-state index contributed by atoms with van der Waals surface area (Å²) in [6.07, 6.45) is -2.71. The molecule has 2 heterocycles. The summed E-state index contributed by atoms with van der Waals surface area (Å²) in [5.74, 6) is -0.956. The molecule has 2 aliphatic rings. The van der Waals surface area contributed by atoms with Gasteiger partial charge in [0.15, 0.2) is 12.1 Å². The molecule has 0 spiro atoms. The van der Waals surface area contributed by atoms with Gasteiger partial charge in [-0.15, -0.1) is 0 Å². The van der Waals surface area contributed by atoms with Gasteiger partial charge < -0.3 is 29.7 Å². The van der Waals surface area contributed by atoms with Crippen molar-refractivity contribution < 1.29 is 29.2 Å². The van der Waals surface area contributed by atoms with Crippen molar-refractivity contribution in [3.05, 3.63) is 0 Å². The maximum absolute atomic E-state index is 12.2. The normalized spacial score (nSPS) is 35.2. The van der Waals surface area contributed by atoms with Crippen molar-refractivity contribution in [1.82, 2.24) is 5.32 Å². The molecule has 22 heavy (non-hydrogen) atoms. The van der Waals surface area contributed by atoms with Crippen molar-refractivity contribution in [3.8, 4) is 0 Å². The Labute approximate surface area is 130 Å². The highest BCUT2D eigenvalue weighted by Gasteiger charge is 2.56. The molecular weight excluding hydrogens is 290 g/mol. The molecule has 2 rings (SSSR count). The number of nitrogens with one attached hydrogen (secondary N) is 1. The number of rotatable bonds is 4. The largest absolute Gasteiger partial charge is 0.394 e. The highest BCUT2D eigenvalue weighted by molar-refractivity contribution is 5.77. The molecule has 0 aromatic rings. The molecule has 2 saturated heterocycles. The summed E-state index contributed by atoms with van der Waals surface area (Å²) in [6.45, 7) is 8.98. The molecule has 2 fully saturated rings. The number of ether oxygens (including phenoxy) is 3. The Bertz CT molecular complexity index is 419. The minimum atomic E-state index is -1.11. The number of hydrogen-bond donors (Lipinski definition) is 3. The van der Waals surface area contributed by atoms with Crippen LogP contribution in [0.2, 0.25) is 0 Å². The van der Waals surface area contributed by atoms with Crippen molar-refractivity contribution in [3.63, 3.8) is 0 Å². The lowest BCUT2D eigenvalue weighted by molar-refractivity contribution is -0.218. The summed E-state index contributed by atoms with van der Waals surface area (Å²) in [4.78, 5) is 12.2. The third-order valence-electron chi connectivity index (χ3n) is 3.67. The molecule has 128 valence electrons. The fraction of sp³-hybridized carbons (Fsp3) is 0.933. The quantitative estimate of drug-likeness (QED) is 0.682. The monoisotopic (exact) mass is 317 g/mol. The topological polar surface area (TPSA) is 97.3 Å². The van der Waals surface area contributed by atoms with Gasteiger partial charge in [0, 0.05) is 6.42 Å². The third kappa shape index (κ3) is 3.97. The van der Waals surface area contributed by atoms with Gasteiger partial charge in [0.2, 0.25) is 5.91 Å². The van der Waals surface area contributed by atoms with Crippen molar-refractivity contribution >= 4 is 5.91 Å². The lowest BCUT2D eigenvalue weighted by atomic mass is 9.91. The third-order valence-corrected chi connectivity index (χ3v) is 3.67. The average Bonchev–Trinajstić information content (AvgIpc) is 2.80. The van der Waals surface area contributed by atoms with Crippen LogP contribution in [0.15, 0.2) is 0 Å². The zero-order valence-electron chi connectivity index (χ0n) is 13.8. The van der Waals surface area contributed by atoms with E-state index in [4.69, 9.17) is 14.2 Å². The van der Waals surface area contributed by atoms with Gasteiger partial charge in [0.05, 0.1) is 12.6 Å². The molecular formula is C15H27NO6. The number of amides is 1. The summed E-state index contributed by atoms with van der Waals surface area (Å²) >= 11 is 0. The lowest BCUT2D eigenvalue weighted by Crippen LogP contribution is -2.53. The minimum absolute atomic E-state index is 0.148. The van der Waals surface area contributed by atoms with Gasteiger partial charge in [-0.25, -0.2) is 0 Å². The second-order valence-electron chi connectivity index (χ2n) is 7.65. The Kier molecular flexibility index (Phi) is 4.85. The lowest BCUT2D eigenvalue weighted by Gasteiger charge is -2.29. The van der Waals surface area contributed by atoms with Crippen LogP contribution in [-0.2, 0) is 19.0 Å². The Hall–Kier alpha value is -0.730. The van der Waals surface area contributed by atoms with Crippen LogP contribution in [0.5, 0.6) is 0 Å². The Morgan fingerprint density at radius 1 is 1.32 bits per heavy atom. The number of hydrogen-bond acceptors (Lipinski definition) is 6. The SMILES string of the molecule is CC(C)(C)CC(=O)N[C@@H]1[C@H]2OC(C)(C)O[C@H]2O[C@@H]1[C@H](O)CO. The second kappa shape index (κ2) is 6.05. The summed E-state index contributed by atoms with van der Waals surface area (Å²) in [5.41, 5.74) is -0.152. The molecule has 0 saturated carbocycles. The molecule has 0 bridgehead atoms.